The number of rotatable bonds is 14. The molecule has 2 atom stereocenters. The van der Waals surface area contributed by atoms with Gasteiger partial charge in [0.1, 0.15) is 0 Å². The molecule has 0 saturated carbocycles. The van der Waals surface area contributed by atoms with Gasteiger partial charge in [-0.2, -0.15) is 12.6 Å². The molecule has 0 rings (SSSR count). The van der Waals surface area contributed by atoms with E-state index in [1.54, 1.807) is 0 Å². The Morgan fingerprint density at radius 1 is 0.632 bits per heavy atom. The summed E-state index contributed by atoms with van der Waals surface area (Å²) in [5.41, 5.74) is 0. The number of aliphatic hydroxyl groups is 3. The molecular weight excluding hydrogens is 260 g/mol. The van der Waals surface area contributed by atoms with E-state index >= 15 is 0 Å². The van der Waals surface area contributed by atoms with Gasteiger partial charge >= 0.3 is 0 Å². The summed E-state index contributed by atoms with van der Waals surface area (Å²) in [6, 6.07) is 0. The van der Waals surface area contributed by atoms with Crippen LogP contribution in [-0.4, -0.2) is 39.9 Å². The Bertz CT molecular complexity index is 179. The first-order chi connectivity index (χ1) is 9.20. The molecule has 0 aromatic rings. The van der Waals surface area contributed by atoms with Crippen molar-refractivity contribution in [3.8, 4) is 0 Å². The van der Waals surface area contributed by atoms with Crippen LogP contribution in [-0.2, 0) is 0 Å². The van der Waals surface area contributed by atoms with Crippen LogP contribution in [0.15, 0.2) is 0 Å². The number of thiol groups is 1. The number of hydrogen-bond acceptors (Lipinski definition) is 4. The SMILES string of the molecule is OCC(O)CCC(O)CCCCCCCCCCS. The van der Waals surface area contributed by atoms with Crippen LogP contribution in [0.4, 0.5) is 0 Å². The average molecular weight is 292 g/mol. The summed E-state index contributed by atoms with van der Waals surface area (Å²) in [5.74, 6) is 1.00. The summed E-state index contributed by atoms with van der Waals surface area (Å²) in [4.78, 5) is 0. The predicted molar refractivity (Wildman–Crippen MR) is 83.7 cm³/mol. The van der Waals surface area contributed by atoms with Gasteiger partial charge in [0.05, 0.1) is 18.8 Å². The molecule has 0 aromatic heterocycles. The molecule has 116 valence electrons. The van der Waals surface area contributed by atoms with E-state index in [1.165, 1.54) is 44.9 Å². The van der Waals surface area contributed by atoms with Gasteiger partial charge < -0.3 is 15.3 Å². The van der Waals surface area contributed by atoms with Gasteiger partial charge in [-0.15, -0.1) is 0 Å². The third-order valence-corrected chi connectivity index (χ3v) is 3.81. The van der Waals surface area contributed by atoms with Crippen LogP contribution in [0.5, 0.6) is 0 Å². The lowest BCUT2D eigenvalue weighted by atomic mass is 10.0. The van der Waals surface area contributed by atoms with E-state index in [-0.39, 0.29) is 12.7 Å². The summed E-state index contributed by atoms with van der Waals surface area (Å²) in [6.45, 7) is -0.208. The Hall–Kier alpha value is 0.230. The van der Waals surface area contributed by atoms with Crippen LogP contribution >= 0.6 is 12.6 Å². The molecule has 0 radical (unpaired) electrons. The Balaban J connectivity index is 3.16. The zero-order valence-electron chi connectivity index (χ0n) is 12.1. The van der Waals surface area contributed by atoms with Crippen LogP contribution in [0.2, 0.25) is 0 Å². The first-order valence-electron chi connectivity index (χ1n) is 7.78. The van der Waals surface area contributed by atoms with Gasteiger partial charge in [-0.25, -0.2) is 0 Å². The van der Waals surface area contributed by atoms with Crippen molar-refractivity contribution in [3.63, 3.8) is 0 Å². The largest absolute Gasteiger partial charge is 0.394 e. The molecule has 0 bridgehead atoms. The van der Waals surface area contributed by atoms with Crippen molar-refractivity contribution in [1.29, 1.82) is 0 Å². The topological polar surface area (TPSA) is 60.7 Å². The monoisotopic (exact) mass is 292 g/mol. The lowest BCUT2D eigenvalue weighted by Gasteiger charge is -2.12. The highest BCUT2D eigenvalue weighted by Crippen LogP contribution is 2.13. The fraction of sp³-hybridized carbons (Fsp3) is 1.00. The standard InChI is InChI=1S/C15H32O3S/c16-13-15(18)11-10-14(17)9-7-5-3-1-2-4-6-8-12-19/h14-19H,1-13H2. The third kappa shape index (κ3) is 14.4. The number of unbranched alkanes of at least 4 members (excludes halogenated alkanes) is 7. The van der Waals surface area contributed by atoms with Crippen molar-refractivity contribution < 1.29 is 15.3 Å². The maximum Gasteiger partial charge on any atom is 0.0771 e. The van der Waals surface area contributed by atoms with E-state index in [2.05, 4.69) is 12.6 Å². The smallest absolute Gasteiger partial charge is 0.0771 e. The molecule has 0 aromatic carbocycles. The van der Waals surface area contributed by atoms with Crippen molar-refractivity contribution in [1.82, 2.24) is 0 Å². The van der Waals surface area contributed by atoms with Crippen LogP contribution in [0, 0.1) is 0 Å². The van der Waals surface area contributed by atoms with Gasteiger partial charge in [0, 0.05) is 0 Å². The summed E-state index contributed by atoms with van der Waals surface area (Å²) in [7, 11) is 0. The van der Waals surface area contributed by atoms with Crippen LogP contribution < -0.4 is 0 Å². The molecular formula is C15H32O3S. The molecule has 4 heteroatoms. The molecule has 0 aliphatic heterocycles. The van der Waals surface area contributed by atoms with Crippen LogP contribution in [0.3, 0.4) is 0 Å². The Kier molecular flexibility index (Phi) is 14.8. The fourth-order valence-electron chi connectivity index (χ4n) is 2.17. The minimum absolute atomic E-state index is 0.208. The first-order valence-corrected chi connectivity index (χ1v) is 8.41. The molecule has 19 heavy (non-hydrogen) atoms. The van der Waals surface area contributed by atoms with Gasteiger partial charge in [0.2, 0.25) is 0 Å². The zero-order chi connectivity index (χ0) is 14.3. The highest BCUT2D eigenvalue weighted by atomic mass is 32.1. The highest BCUT2D eigenvalue weighted by Gasteiger charge is 2.08. The van der Waals surface area contributed by atoms with Crippen molar-refractivity contribution in [3.05, 3.63) is 0 Å². The normalized spacial score (nSPS) is 14.5. The molecule has 3 N–H and O–H groups in total. The van der Waals surface area contributed by atoms with E-state index in [1.807, 2.05) is 0 Å². The van der Waals surface area contributed by atoms with Crippen molar-refractivity contribution >= 4 is 12.6 Å². The van der Waals surface area contributed by atoms with E-state index in [0.717, 1.165) is 18.6 Å². The molecule has 0 amide bonds. The molecule has 0 aliphatic carbocycles. The number of hydrogen-bond donors (Lipinski definition) is 4. The molecule has 0 aliphatic rings. The van der Waals surface area contributed by atoms with E-state index in [0.29, 0.717) is 12.8 Å². The van der Waals surface area contributed by atoms with Crippen molar-refractivity contribution in [2.45, 2.75) is 82.8 Å². The summed E-state index contributed by atoms with van der Waals surface area (Å²) >= 11 is 4.19. The lowest BCUT2D eigenvalue weighted by Crippen LogP contribution is -2.16. The summed E-state index contributed by atoms with van der Waals surface area (Å²) in [5, 5.41) is 27.5. The van der Waals surface area contributed by atoms with Gasteiger partial charge in [-0.1, -0.05) is 44.9 Å². The van der Waals surface area contributed by atoms with Crippen molar-refractivity contribution in [2.24, 2.45) is 0 Å². The maximum absolute atomic E-state index is 9.69. The molecule has 3 nitrogen and oxygen atoms in total. The molecule has 0 spiro atoms. The van der Waals surface area contributed by atoms with Crippen LogP contribution in [0.1, 0.15) is 70.6 Å². The van der Waals surface area contributed by atoms with Gasteiger partial charge in [-0.3, -0.25) is 0 Å². The second-order valence-electron chi connectivity index (χ2n) is 5.41. The quantitative estimate of drug-likeness (QED) is 0.294. The second kappa shape index (κ2) is 14.6. The Morgan fingerprint density at radius 2 is 1.11 bits per heavy atom. The second-order valence-corrected chi connectivity index (χ2v) is 5.86. The Morgan fingerprint density at radius 3 is 1.63 bits per heavy atom. The molecule has 0 fully saturated rings. The average Bonchev–Trinajstić information content (AvgIpc) is 2.42. The van der Waals surface area contributed by atoms with E-state index in [9.17, 15) is 10.2 Å². The van der Waals surface area contributed by atoms with E-state index in [4.69, 9.17) is 5.11 Å². The number of aliphatic hydroxyl groups excluding tert-OH is 3. The van der Waals surface area contributed by atoms with Crippen LogP contribution in [0.25, 0.3) is 0 Å². The first kappa shape index (κ1) is 19.2. The van der Waals surface area contributed by atoms with Gasteiger partial charge in [0.15, 0.2) is 0 Å². The third-order valence-electron chi connectivity index (χ3n) is 3.49. The lowest BCUT2D eigenvalue weighted by molar-refractivity contribution is 0.0660. The summed E-state index contributed by atoms with van der Waals surface area (Å²) < 4.78 is 0. The van der Waals surface area contributed by atoms with E-state index < -0.39 is 6.10 Å². The van der Waals surface area contributed by atoms with Crippen molar-refractivity contribution in [2.75, 3.05) is 12.4 Å². The van der Waals surface area contributed by atoms with Gasteiger partial charge in [0.25, 0.3) is 0 Å². The molecule has 2 unspecified atom stereocenters. The summed E-state index contributed by atoms with van der Waals surface area (Å²) in [6.07, 6.45) is 10.9. The maximum atomic E-state index is 9.69. The minimum Gasteiger partial charge on any atom is -0.394 e. The predicted octanol–water partition coefficient (Wildman–Crippen LogP) is 2.92. The fourth-order valence-corrected chi connectivity index (χ4v) is 2.40. The molecule has 0 saturated heterocycles. The Labute approximate surface area is 123 Å². The van der Waals surface area contributed by atoms with Gasteiger partial charge in [-0.05, 0) is 31.4 Å². The minimum atomic E-state index is -0.674. The molecule has 0 heterocycles. The zero-order valence-corrected chi connectivity index (χ0v) is 13.0. The highest BCUT2D eigenvalue weighted by molar-refractivity contribution is 7.80.